The van der Waals surface area contributed by atoms with Crippen molar-refractivity contribution in [1.29, 1.82) is 0 Å². The van der Waals surface area contributed by atoms with Gasteiger partial charge in [0.25, 0.3) is 0 Å². The molecule has 3 saturated heterocycles. The van der Waals surface area contributed by atoms with E-state index in [0.717, 1.165) is 35.2 Å². The van der Waals surface area contributed by atoms with Gasteiger partial charge in [-0.3, -0.25) is 19.3 Å². The molecular weight excluding hydrogens is 458 g/mol. The van der Waals surface area contributed by atoms with Crippen molar-refractivity contribution in [3.8, 4) is 0 Å². The van der Waals surface area contributed by atoms with Crippen molar-refractivity contribution in [2.24, 2.45) is 11.8 Å². The van der Waals surface area contributed by atoms with Gasteiger partial charge in [-0.15, -0.1) is 0 Å². The normalized spacial score (nSPS) is 31.4. The number of benzene rings is 2. The zero-order valence-electron chi connectivity index (χ0n) is 17.3. The van der Waals surface area contributed by atoms with E-state index in [9.17, 15) is 14.4 Å². The molecule has 4 atom stereocenters. The molecule has 158 valence electrons. The maximum absolute atomic E-state index is 13.9. The molecule has 0 bridgehead atoms. The standard InChI is InChI=1S/C24H22BrN3O3/c1-12-10-13(2)20-14(11-12)24(23(31)26-20)19-18(17-8-5-9-27(17)24)21(29)28(22(19)30)16-7-4-3-6-15(16)25/h3-4,6-7,10-11,17-19H,5,8-9H2,1-2H3,(H,26,31)/t17-,18-,19-,24+/m1/s1. The molecular formula is C24H22BrN3O3. The van der Waals surface area contributed by atoms with Crippen LogP contribution < -0.4 is 10.2 Å². The molecule has 0 unspecified atom stereocenters. The Hall–Kier alpha value is -2.51. The van der Waals surface area contributed by atoms with Crippen LogP contribution in [0.2, 0.25) is 0 Å². The average Bonchev–Trinajstić information content (AvgIpc) is 3.42. The highest BCUT2D eigenvalue weighted by Gasteiger charge is 2.74. The third kappa shape index (κ3) is 2.18. The highest BCUT2D eigenvalue weighted by molar-refractivity contribution is 9.10. The van der Waals surface area contributed by atoms with Crippen LogP contribution in [0, 0.1) is 25.7 Å². The number of amides is 3. The zero-order chi connectivity index (χ0) is 21.7. The number of halogens is 1. The van der Waals surface area contributed by atoms with Gasteiger partial charge in [0.1, 0.15) is 5.54 Å². The minimum absolute atomic E-state index is 0.105. The van der Waals surface area contributed by atoms with E-state index in [1.807, 2.05) is 44.2 Å². The lowest BCUT2D eigenvalue weighted by atomic mass is 9.75. The van der Waals surface area contributed by atoms with Gasteiger partial charge in [0, 0.05) is 21.8 Å². The molecule has 0 aliphatic carbocycles. The quantitative estimate of drug-likeness (QED) is 0.635. The summed E-state index contributed by atoms with van der Waals surface area (Å²) in [5.41, 5.74) is 3.10. The summed E-state index contributed by atoms with van der Waals surface area (Å²) in [5, 5.41) is 3.08. The minimum Gasteiger partial charge on any atom is -0.324 e. The van der Waals surface area contributed by atoms with E-state index in [4.69, 9.17) is 0 Å². The van der Waals surface area contributed by atoms with E-state index in [-0.39, 0.29) is 23.8 Å². The molecule has 4 heterocycles. The molecule has 3 amide bonds. The van der Waals surface area contributed by atoms with E-state index in [1.165, 1.54) is 4.90 Å². The predicted octanol–water partition coefficient (Wildman–Crippen LogP) is 3.50. The molecule has 0 saturated carbocycles. The molecule has 1 N–H and O–H groups in total. The van der Waals surface area contributed by atoms with Gasteiger partial charge < -0.3 is 5.32 Å². The topological polar surface area (TPSA) is 69.7 Å². The second kappa shape index (κ2) is 6.26. The van der Waals surface area contributed by atoms with E-state index < -0.39 is 17.4 Å². The SMILES string of the molecule is Cc1cc(C)c2c(c1)[C@@]1(C(=O)N2)[C@H]2C(=O)N(c3ccccc3Br)C(=O)[C@@H]2[C@H]2CCCN21. The van der Waals surface area contributed by atoms with Gasteiger partial charge in [0.15, 0.2) is 0 Å². The Labute approximate surface area is 188 Å². The fourth-order valence-electron chi connectivity index (χ4n) is 6.53. The number of hydrogen-bond donors (Lipinski definition) is 1. The number of imide groups is 1. The van der Waals surface area contributed by atoms with Crippen molar-refractivity contribution in [3.05, 3.63) is 57.6 Å². The number of nitrogens with zero attached hydrogens (tertiary/aromatic N) is 2. The zero-order valence-corrected chi connectivity index (χ0v) is 18.9. The Morgan fingerprint density at radius 1 is 1.10 bits per heavy atom. The van der Waals surface area contributed by atoms with Gasteiger partial charge >= 0.3 is 0 Å². The van der Waals surface area contributed by atoms with Crippen LogP contribution in [0.15, 0.2) is 40.9 Å². The summed E-state index contributed by atoms with van der Waals surface area (Å²) in [5.74, 6) is -1.88. The monoisotopic (exact) mass is 479 g/mol. The number of anilines is 2. The highest BCUT2D eigenvalue weighted by Crippen LogP contribution is 2.61. The van der Waals surface area contributed by atoms with Crippen LogP contribution in [-0.4, -0.2) is 35.2 Å². The van der Waals surface area contributed by atoms with Crippen LogP contribution in [0.5, 0.6) is 0 Å². The van der Waals surface area contributed by atoms with Crippen LogP contribution in [0.1, 0.15) is 29.5 Å². The summed E-state index contributed by atoms with van der Waals surface area (Å²) < 4.78 is 0.692. The van der Waals surface area contributed by atoms with Gasteiger partial charge in [-0.05, 0) is 66.9 Å². The van der Waals surface area contributed by atoms with E-state index in [2.05, 4.69) is 26.1 Å². The van der Waals surface area contributed by atoms with Gasteiger partial charge in [-0.25, -0.2) is 4.90 Å². The lowest BCUT2D eigenvalue weighted by Crippen LogP contribution is -2.54. The van der Waals surface area contributed by atoms with Crippen molar-refractivity contribution in [2.75, 3.05) is 16.8 Å². The Balaban J connectivity index is 1.60. The first-order chi connectivity index (χ1) is 14.9. The summed E-state index contributed by atoms with van der Waals surface area (Å²) in [7, 11) is 0. The molecule has 0 radical (unpaired) electrons. The molecule has 1 spiro atoms. The Bertz CT molecular complexity index is 1190. The van der Waals surface area contributed by atoms with E-state index in [0.29, 0.717) is 16.7 Å². The van der Waals surface area contributed by atoms with Crippen LogP contribution in [0.25, 0.3) is 0 Å². The van der Waals surface area contributed by atoms with Gasteiger partial charge in [-0.2, -0.15) is 0 Å². The van der Waals surface area contributed by atoms with Crippen molar-refractivity contribution >= 4 is 45.0 Å². The number of carbonyl (C=O) groups excluding carboxylic acids is 3. The molecule has 3 fully saturated rings. The lowest BCUT2D eigenvalue weighted by molar-refractivity contribution is -0.135. The number of carbonyl (C=O) groups is 3. The molecule has 4 aliphatic rings. The Kier molecular flexibility index (Phi) is 3.88. The number of hydrogen-bond acceptors (Lipinski definition) is 4. The Morgan fingerprint density at radius 3 is 2.65 bits per heavy atom. The van der Waals surface area contributed by atoms with Gasteiger partial charge in [0.2, 0.25) is 17.7 Å². The summed E-state index contributed by atoms with van der Waals surface area (Å²) >= 11 is 3.49. The third-order valence-electron chi connectivity index (χ3n) is 7.54. The molecule has 7 heteroatoms. The number of para-hydroxylation sites is 1. The van der Waals surface area contributed by atoms with Crippen molar-refractivity contribution in [1.82, 2.24) is 4.90 Å². The Morgan fingerprint density at radius 2 is 1.87 bits per heavy atom. The molecule has 4 aliphatic heterocycles. The summed E-state index contributed by atoms with van der Waals surface area (Å²) in [6.07, 6.45) is 1.73. The fourth-order valence-corrected chi connectivity index (χ4v) is 6.99. The summed E-state index contributed by atoms with van der Waals surface area (Å²) in [6.45, 7) is 4.70. The number of aryl methyl sites for hydroxylation is 2. The third-order valence-corrected chi connectivity index (χ3v) is 8.21. The highest BCUT2D eigenvalue weighted by atomic mass is 79.9. The average molecular weight is 480 g/mol. The van der Waals surface area contributed by atoms with Crippen molar-refractivity contribution in [3.63, 3.8) is 0 Å². The largest absolute Gasteiger partial charge is 0.324 e. The smallest absolute Gasteiger partial charge is 0.250 e. The maximum atomic E-state index is 13.9. The van der Waals surface area contributed by atoms with Crippen LogP contribution >= 0.6 is 15.9 Å². The molecule has 31 heavy (non-hydrogen) atoms. The first-order valence-corrected chi connectivity index (χ1v) is 11.5. The second-order valence-corrected chi connectivity index (χ2v) is 9.95. The van der Waals surface area contributed by atoms with Crippen LogP contribution in [0.3, 0.4) is 0 Å². The first kappa shape index (κ1) is 19.2. The van der Waals surface area contributed by atoms with Crippen LogP contribution in [-0.2, 0) is 19.9 Å². The molecule has 2 aromatic rings. The molecule has 0 aromatic heterocycles. The molecule has 6 nitrogen and oxygen atoms in total. The predicted molar refractivity (Wildman–Crippen MR) is 120 cm³/mol. The number of rotatable bonds is 1. The molecule has 2 aromatic carbocycles. The second-order valence-electron chi connectivity index (χ2n) is 9.09. The summed E-state index contributed by atoms with van der Waals surface area (Å²) in [4.78, 5) is 44.9. The summed E-state index contributed by atoms with van der Waals surface area (Å²) in [6, 6.07) is 11.2. The number of nitrogens with one attached hydrogen (secondary N) is 1. The van der Waals surface area contributed by atoms with Gasteiger partial charge in [0.05, 0.1) is 17.5 Å². The maximum Gasteiger partial charge on any atom is 0.250 e. The fraction of sp³-hybridized carbons (Fsp3) is 0.375. The minimum atomic E-state index is -1.12. The van der Waals surface area contributed by atoms with E-state index >= 15 is 0 Å². The van der Waals surface area contributed by atoms with Gasteiger partial charge in [-0.1, -0.05) is 29.8 Å². The first-order valence-electron chi connectivity index (χ1n) is 10.7. The van der Waals surface area contributed by atoms with Crippen molar-refractivity contribution < 1.29 is 14.4 Å². The molecule has 6 rings (SSSR count). The van der Waals surface area contributed by atoms with Crippen LogP contribution in [0.4, 0.5) is 11.4 Å². The lowest BCUT2D eigenvalue weighted by Gasteiger charge is -2.37. The van der Waals surface area contributed by atoms with E-state index in [1.54, 1.807) is 6.07 Å². The number of fused-ring (bicyclic) bond motifs is 7. The van der Waals surface area contributed by atoms with Crippen molar-refractivity contribution in [2.45, 2.75) is 38.3 Å².